The van der Waals surface area contributed by atoms with Crippen molar-refractivity contribution in [3.8, 4) is 5.75 Å². The summed E-state index contributed by atoms with van der Waals surface area (Å²) in [5.74, 6) is 1.54. The molecule has 1 amide bonds. The van der Waals surface area contributed by atoms with Crippen molar-refractivity contribution in [2.75, 3.05) is 12.9 Å². The predicted octanol–water partition coefficient (Wildman–Crippen LogP) is 3.47. The Hall–Kier alpha value is -1.94. The molecular formula is C17H17NO2S. The average molecular weight is 299 g/mol. The maximum absolute atomic E-state index is 12.2. The highest BCUT2D eigenvalue weighted by molar-refractivity contribution is 8.00. The quantitative estimate of drug-likeness (QED) is 0.866. The summed E-state index contributed by atoms with van der Waals surface area (Å²) in [6.45, 7) is 0.634. The fourth-order valence-corrected chi connectivity index (χ4v) is 3.75. The molecule has 108 valence electrons. The normalized spacial score (nSPS) is 18.0. The molecule has 2 aromatic carbocycles. The van der Waals surface area contributed by atoms with E-state index in [4.69, 9.17) is 4.74 Å². The van der Waals surface area contributed by atoms with Crippen LogP contribution in [0.5, 0.6) is 5.75 Å². The van der Waals surface area contributed by atoms with Crippen LogP contribution in [0.1, 0.15) is 16.5 Å². The van der Waals surface area contributed by atoms with Crippen molar-refractivity contribution in [1.82, 2.24) is 4.90 Å². The third-order valence-electron chi connectivity index (χ3n) is 3.57. The molecule has 0 aliphatic carbocycles. The van der Waals surface area contributed by atoms with Crippen LogP contribution in [0.25, 0.3) is 0 Å². The lowest BCUT2D eigenvalue weighted by Gasteiger charge is -2.25. The molecule has 0 N–H and O–H groups in total. The Balaban J connectivity index is 1.89. The van der Waals surface area contributed by atoms with Gasteiger partial charge in [0, 0.05) is 12.1 Å². The van der Waals surface area contributed by atoms with Crippen molar-refractivity contribution in [3.63, 3.8) is 0 Å². The number of methoxy groups -OCH3 is 1. The summed E-state index contributed by atoms with van der Waals surface area (Å²) >= 11 is 1.66. The summed E-state index contributed by atoms with van der Waals surface area (Å²) in [7, 11) is 1.67. The standard InChI is InChI=1S/C17H17NO2S/c1-20-15-10-6-5-9-14(15)17-18(16(19)12-21-17)11-13-7-3-2-4-8-13/h2-10,17H,11-12H2,1H3. The van der Waals surface area contributed by atoms with Crippen LogP contribution in [0.15, 0.2) is 54.6 Å². The molecule has 3 nitrogen and oxygen atoms in total. The van der Waals surface area contributed by atoms with Crippen molar-refractivity contribution in [2.24, 2.45) is 0 Å². The maximum atomic E-state index is 12.2. The monoisotopic (exact) mass is 299 g/mol. The van der Waals surface area contributed by atoms with Gasteiger partial charge in [-0.05, 0) is 11.6 Å². The number of benzene rings is 2. The minimum absolute atomic E-state index is 0.0221. The highest BCUT2D eigenvalue weighted by atomic mass is 32.2. The lowest BCUT2D eigenvalue weighted by Crippen LogP contribution is -2.27. The third kappa shape index (κ3) is 2.90. The van der Waals surface area contributed by atoms with E-state index in [9.17, 15) is 4.79 Å². The fourth-order valence-electron chi connectivity index (χ4n) is 2.53. The van der Waals surface area contributed by atoms with Gasteiger partial charge in [0.1, 0.15) is 11.1 Å². The van der Waals surface area contributed by atoms with Crippen LogP contribution in [0, 0.1) is 0 Å². The third-order valence-corrected chi connectivity index (χ3v) is 4.81. The van der Waals surface area contributed by atoms with Crippen molar-refractivity contribution in [1.29, 1.82) is 0 Å². The number of thioether (sulfide) groups is 1. The molecule has 1 fully saturated rings. The van der Waals surface area contributed by atoms with Crippen LogP contribution in [-0.2, 0) is 11.3 Å². The van der Waals surface area contributed by atoms with Crippen LogP contribution in [-0.4, -0.2) is 23.7 Å². The molecule has 1 saturated heterocycles. The Labute approximate surface area is 128 Å². The second-order valence-corrected chi connectivity index (χ2v) is 5.98. The molecule has 1 atom stereocenters. The van der Waals surface area contributed by atoms with Gasteiger partial charge in [-0.1, -0.05) is 48.5 Å². The zero-order chi connectivity index (χ0) is 14.7. The van der Waals surface area contributed by atoms with E-state index in [1.165, 1.54) is 0 Å². The fraction of sp³-hybridized carbons (Fsp3) is 0.235. The summed E-state index contributed by atoms with van der Waals surface area (Å²) in [5, 5.41) is 0.0221. The molecular weight excluding hydrogens is 282 g/mol. The van der Waals surface area contributed by atoms with Crippen LogP contribution >= 0.6 is 11.8 Å². The molecule has 1 unspecified atom stereocenters. The van der Waals surface area contributed by atoms with E-state index in [0.29, 0.717) is 12.3 Å². The van der Waals surface area contributed by atoms with Gasteiger partial charge in [-0.2, -0.15) is 0 Å². The first-order valence-corrected chi connectivity index (χ1v) is 7.92. The summed E-state index contributed by atoms with van der Waals surface area (Å²) in [5.41, 5.74) is 2.21. The molecule has 1 aliphatic rings. The van der Waals surface area contributed by atoms with Gasteiger partial charge in [0.25, 0.3) is 0 Å². The van der Waals surface area contributed by atoms with Crippen LogP contribution in [0.4, 0.5) is 0 Å². The van der Waals surface area contributed by atoms with E-state index in [0.717, 1.165) is 16.9 Å². The topological polar surface area (TPSA) is 29.5 Å². The molecule has 0 radical (unpaired) electrons. The van der Waals surface area contributed by atoms with Crippen molar-refractivity contribution in [2.45, 2.75) is 11.9 Å². The summed E-state index contributed by atoms with van der Waals surface area (Å²) in [6, 6.07) is 18.0. The van der Waals surface area contributed by atoms with Crippen molar-refractivity contribution < 1.29 is 9.53 Å². The van der Waals surface area contributed by atoms with E-state index in [1.807, 2.05) is 47.4 Å². The lowest BCUT2D eigenvalue weighted by molar-refractivity contribution is -0.128. The van der Waals surface area contributed by atoms with Gasteiger partial charge in [-0.25, -0.2) is 0 Å². The molecule has 21 heavy (non-hydrogen) atoms. The minimum Gasteiger partial charge on any atom is -0.496 e. The first-order valence-electron chi connectivity index (χ1n) is 6.87. The molecule has 0 aromatic heterocycles. The van der Waals surface area contributed by atoms with Crippen LogP contribution < -0.4 is 4.74 Å². The molecule has 3 rings (SSSR count). The number of ether oxygens (including phenoxy) is 1. The number of hydrogen-bond acceptors (Lipinski definition) is 3. The molecule has 0 spiro atoms. The van der Waals surface area contributed by atoms with Gasteiger partial charge in [0.15, 0.2) is 0 Å². The van der Waals surface area contributed by atoms with E-state index < -0.39 is 0 Å². The van der Waals surface area contributed by atoms with Gasteiger partial charge in [0.2, 0.25) is 5.91 Å². The number of hydrogen-bond donors (Lipinski definition) is 0. The molecule has 4 heteroatoms. The average Bonchev–Trinajstić information content (AvgIpc) is 2.89. The van der Waals surface area contributed by atoms with Crippen molar-refractivity contribution in [3.05, 3.63) is 65.7 Å². The first kappa shape index (κ1) is 14.0. The van der Waals surface area contributed by atoms with Gasteiger partial charge < -0.3 is 9.64 Å². The number of nitrogens with zero attached hydrogens (tertiary/aromatic N) is 1. The number of rotatable bonds is 4. The number of para-hydroxylation sites is 1. The Kier molecular flexibility index (Phi) is 4.15. The van der Waals surface area contributed by atoms with Gasteiger partial charge in [0.05, 0.1) is 12.9 Å². The van der Waals surface area contributed by atoms with Gasteiger partial charge in [-0.3, -0.25) is 4.79 Å². The highest BCUT2D eigenvalue weighted by Gasteiger charge is 2.34. The second-order valence-electron chi connectivity index (χ2n) is 4.91. The van der Waals surface area contributed by atoms with Crippen LogP contribution in [0.2, 0.25) is 0 Å². The SMILES string of the molecule is COc1ccccc1C1SCC(=O)N1Cc1ccccc1. The van der Waals surface area contributed by atoms with Crippen molar-refractivity contribution >= 4 is 17.7 Å². The van der Waals surface area contributed by atoms with E-state index in [-0.39, 0.29) is 11.3 Å². The molecule has 2 aromatic rings. The smallest absolute Gasteiger partial charge is 0.234 e. The summed E-state index contributed by atoms with van der Waals surface area (Å²) < 4.78 is 5.44. The maximum Gasteiger partial charge on any atom is 0.234 e. The summed E-state index contributed by atoms with van der Waals surface area (Å²) in [4.78, 5) is 14.2. The largest absolute Gasteiger partial charge is 0.496 e. The van der Waals surface area contributed by atoms with Crippen LogP contribution in [0.3, 0.4) is 0 Å². The number of carbonyl (C=O) groups is 1. The van der Waals surface area contributed by atoms with E-state index in [2.05, 4.69) is 12.1 Å². The molecule has 1 aliphatic heterocycles. The number of carbonyl (C=O) groups excluding carboxylic acids is 1. The second kappa shape index (κ2) is 6.22. The summed E-state index contributed by atoms with van der Waals surface area (Å²) in [6.07, 6.45) is 0. The molecule has 1 heterocycles. The lowest BCUT2D eigenvalue weighted by atomic mass is 10.1. The Morgan fingerprint density at radius 1 is 1.14 bits per heavy atom. The Bertz CT molecular complexity index is 630. The Morgan fingerprint density at radius 3 is 2.62 bits per heavy atom. The predicted molar refractivity (Wildman–Crippen MR) is 85.2 cm³/mol. The number of amides is 1. The van der Waals surface area contributed by atoms with Gasteiger partial charge in [-0.15, -0.1) is 11.8 Å². The first-order chi connectivity index (χ1) is 10.3. The zero-order valence-corrected chi connectivity index (χ0v) is 12.7. The van der Waals surface area contributed by atoms with E-state index in [1.54, 1.807) is 18.9 Å². The minimum atomic E-state index is 0.0221. The van der Waals surface area contributed by atoms with Gasteiger partial charge >= 0.3 is 0 Å². The Morgan fingerprint density at radius 2 is 1.86 bits per heavy atom. The highest BCUT2D eigenvalue weighted by Crippen LogP contribution is 2.42. The molecule has 0 bridgehead atoms. The van der Waals surface area contributed by atoms with E-state index >= 15 is 0 Å². The molecule has 0 saturated carbocycles. The zero-order valence-electron chi connectivity index (χ0n) is 11.9.